The molecule has 0 saturated carbocycles. The van der Waals surface area contributed by atoms with E-state index in [0.29, 0.717) is 13.2 Å². The van der Waals surface area contributed by atoms with Crippen molar-refractivity contribution in [1.29, 1.82) is 0 Å². The van der Waals surface area contributed by atoms with Crippen molar-refractivity contribution in [2.45, 2.75) is 13.5 Å². The lowest BCUT2D eigenvalue weighted by Crippen LogP contribution is -2.43. The van der Waals surface area contributed by atoms with Crippen molar-refractivity contribution in [2.75, 3.05) is 25.9 Å². The highest BCUT2D eigenvalue weighted by molar-refractivity contribution is 6.01. The number of nitrogens with two attached hydrogens (primary N) is 1. The van der Waals surface area contributed by atoms with Crippen LogP contribution in [0.3, 0.4) is 0 Å². The smallest absolute Gasteiger partial charge is 0.332 e. The van der Waals surface area contributed by atoms with Gasteiger partial charge in [-0.05, 0) is 31.7 Å². The Labute approximate surface area is 151 Å². The Balaban J connectivity index is 2.15. The molecule has 0 aliphatic heterocycles. The average Bonchev–Trinajstić information content (AvgIpc) is 2.60. The van der Waals surface area contributed by atoms with Crippen molar-refractivity contribution in [1.82, 2.24) is 14.0 Å². The highest BCUT2D eigenvalue weighted by Gasteiger charge is 2.21. The summed E-state index contributed by atoms with van der Waals surface area (Å²) in [7, 11) is 4.53. The fraction of sp³-hybridized carbons (Fsp3) is 0.389. The van der Waals surface area contributed by atoms with Gasteiger partial charge in [0.2, 0.25) is 0 Å². The molecule has 0 spiro atoms. The summed E-state index contributed by atoms with van der Waals surface area (Å²) in [6.07, 6.45) is 0. The number of Topliss-reactive ketones (excluding diaryl/α,β-unsaturated/α-hetero) is 1. The van der Waals surface area contributed by atoms with E-state index in [9.17, 15) is 14.4 Å². The number of carbonyl (C=O) groups excluding carboxylic acids is 1. The number of carbonyl (C=O) groups is 1. The normalized spacial score (nSPS) is 11.0. The van der Waals surface area contributed by atoms with E-state index in [1.54, 1.807) is 11.9 Å². The van der Waals surface area contributed by atoms with Gasteiger partial charge in [0, 0.05) is 20.6 Å². The second kappa shape index (κ2) is 8.01. The molecule has 0 radical (unpaired) electrons. The molecule has 1 aromatic carbocycles. The standard InChI is InChI=1S/C18H24N4O4/c1-5-26-13-8-6-12(7-9-13)10-20(2)11-14(23)15-16(19)21(3)18(25)22(4)17(15)24/h6-9H,5,10-11,19H2,1-4H3. The Hall–Kier alpha value is -2.87. The number of hydrogen-bond donors (Lipinski definition) is 1. The van der Waals surface area contributed by atoms with E-state index in [2.05, 4.69) is 0 Å². The minimum absolute atomic E-state index is 0.00482. The maximum absolute atomic E-state index is 12.6. The number of rotatable bonds is 7. The second-order valence-electron chi connectivity index (χ2n) is 6.14. The van der Waals surface area contributed by atoms with Crippen LogP contribution in [0.2, 0.25) is 0 Å². The molecule has 0 saturated heterocycles. The number of likely N-dealkylation sites (N-methyl/N-ethyl adjacent to an activating group) is 1. The number of benzene rings is 1. The van der Waals surface area contributed by atoms with Gasteiger partial charge in [0.25, 0.3) is 5.56 Å². The summed E-state index contributed by atoms with van der Waals surface area (Å²) in [6, 6.07) is 7.58. The van der Waals surface area contributed by atoms with Gasteiger partial charge in [-0.25, -0.2) is 4.79 Å². The first-order valence-corrected chi connectivity index (χ1v) is 8.25. The van der Waals surface area contributed by atoms with Gasteiger partial charge in [0.1, 0.15) is 17.1 Å². The summed E-state index contributed by atoms with van der Waals surface area (Å²) >= 11 is 0. The minimum atomic E-state index is -0.676. The number of aromatic nitrogens is 2. The number of ketones is 1. The third-order valence-corrected chi connectivity index (χ3v) is 4.09. The van der Waals surface area contributed by atoms with Crippen molar-refractivity contribution in [2.24, 2.45) is 14.1 Å². The molecule has 8 nitrogen and oxygen atoms in total. The first-order chi connectivity index (χ1) is 12.3. The first-order valence-electron chi connectivity index (χ1n) is 8.25. The van der Waals surface area contributed by atoms with Gasteiger partial charge in [-0.1, -0.05) is 12.1 Å². The number of anilines is 1. The predicted octanol–water partition coefficient (Wildman–Crippen LogP) is 0.380. The molecule has 26 heavy (non-hydrogen) atoms. The molecule has 0 unspecified atom stereocenters. The molecule has 1 heterocycles. The monoisotopic (exact) mass is 360 g/mol. The molecule has 0 fully saturated rings. The summed E-state index contributed by atoms with van der Waals surface area (Å²) in [6.45, 7) is 3.04. The molecule has 140 valence electrons. The molecule has 0 amide bonds. The van der Waals surface area contributed by atoms with Gasteiger partial charge in [0.05, 0.1) is 13.2 Å². The van der Waals surface area contributed by atoms with Crippen LogP contribution in [-0.4, -0.2) is 40.0 Å². The van der Waals surface area contributed by atoms with Crippen molar-refractivity contribution in [3.63, 3.8) is 0 Å². The third kappa shape index (κ3) is 4.02. The van der Waals surface area contributed by atoms with Crippen molar-refractivity contribution >= 4 is 11.6 Å². The summed E-state index contributed by atoms with van der Waals surface area (Å²) < 4.78 is 7.38. The average molecular weight is 360 g/mol. The van der Waals surface area contributed by atoms with Crippen molar-refractivity contribution in [3.8, 4) is 5.75 Å². The predicted molar refractivity (Wildman–Crippen MR) is 99.6 cm³/mol. The molecule has 0 aliphatic carbocycles. The largest absolute Gasteiger partial charge is 0.494 e. The lowest BCUT2D eigenvalue weighted by Gasteiger charge is -2.17. The van der Waals surface area contributed by atoms with E-state index in [0.717, 1.165) is 20.4 Å². The van der Waals surface area contributed by atoms with Crippen LogP contribution in [-0.2, 0) is 20.6 Å². The number of nitrogen functional groups attached to an aromatic ring is 1. The first kappa shape index (κ1) is 19.5. The van der Waals surface area contributed by atoms with Gasteiger partial charge in [-0.15, -0.1) is 0 Å². The van der Waals surface area contributed by atoms with Gasteiger partial charge >= 0.3 is 5.69 Å². The second-order valence-corrected chi connectivity index (χ2v) is 6.14. The number of hydrogen-bond acceptors (Lipinski definition) is 6. The van der Waals surface area contributed by atoms with E-state index in [1.165, 1.54) is 14.1 Å². The highest BCUT2D eigenvalue weighted by atomic mass is 16.5. The fourth-order valence-corrected chi connectivity index (χ4v) is 2.67. The molecular formula is C18H24N4O4. The summed E-state index contributed by atoms with van der Waals surface area (Å²) in [5.41, 5.74) is 5.43. The molecule has 2 rings (SSSR count). The van der Waals surface area contributed by atoms with E-state index >= 15 is 0 Å². The van der Waals surface area contributed by atoms with Gasteiger partial charge < -0.3 is 10.5 Å². The Bertz CT molecular complexity index is 913. The lowest BCUT2D eigenvalue weighted by atomic mass is 10.1. The summed E-state index contributed by atoms with van der Waals surface area (Å²) in [5.74, 6) is 0.251. The summed E-state index contributed by atoms with van der Waals surface area (Å²) in [5, 5.41) is 0. The molecular weight excluding hydrogens is 336 g/mol. The molecule has 0 atom stereocenters. The van der Waals surface area contributed by atoms with Crippen LogP contribution in [0.15, 0.2) is 33.9 Å². The maximum Gasteiger partial charge on any atom is 0.332 e. The zero-order valence-electron chi connectivity index (χ0n) is 15.5. The fourth-order valence-electron chi connectivity index (χ4n) is 2.67. The molecule has 2 aromatic rings. The van der Waals surface area contributed by atoms with Crippen molar-refractivity contribution in [3.05, 3.63) is 56.2 Å². The van der Waals surface area contributed by atoms with Crippen LogP contribution in [0, 0.1) is 0 Å². The van der Waals surface area contributed by atoms with Crippen molar-refractivity contribution < 1.29 is 9.53 Å². The van der Waals surface area contributed by atoms with Crippen LogP contribution in [0.25, 0.3) is 0 Å². The zero-order valence-corrected chi connectivity index (χ0v) is 15.5. The highest BCUT2D eigenvalue weighted by Crippen LogP contribution is 2.13. The number of nitrogens with zero attached hydrogens (tertiary/aromatic N) is 3. The van der Waals surface area contributed by atoms with Crippen LogP contribution < -0.4 is 21.7 Å². The van der Waals surface area contributed by atoms with Crippen LogP contribution in [0.4, 0.5) is 5.82 Å². The van der Waals surface area contributed by atoms with Gasteiger partial charge in [-0.3, -0.25) is 23.6 Å². The number of ether oxygens (including phenoxy) is 1. The topological polar surface area (TPSA) is 99.6 Å². The molecule has 0 bridgehead atoms. The van der Waals surface area contributed by atoms with E-state index in [1.807, 2.05) is 31.2 Å². The van der Waals surface area contributed by atoms with Gasteiger partial charge in [0.15, 0.2) is 5.78 Å². The molecule has 0 aliphatic rings. The molecule has 2 N–H and O–H groups in total. The zero-order chi connectivity index (χ0) is 19.4. The Morgan fingerprint density at radius 3 is 2.35 bits per heavy atom. The van der Waals surface area contributed by atoms with Crippen LogP contribution >= 0.6 is 0 Å². The Kier molecular flexibility index (Phi) is 5.99. The van der Waals surface area contributed by atoms with E-state index < -0.39 is 17.0 Å². The molecule has 1 aromatic heterocycles. The Morgan fingerprint density at radius 2 is 1.77 bits per heavy atom. The summed E-state index contributed by atoms with van der Waals surface area (Å²) in [4.78, 5) is 38.4. The lowest BCUT2D eigenvalue weighted by molar-refractivity contribution is 0.0941. The molecule has 8 heteroatoms. The maximum atomic E-state index is 12.6. The minimum Gasteiger partial charge on any atom is -0.494 e. The van der Waals surface area contributed by atoms with Gasteiger partial charge in [-0.2, -0.15) is 0 Å². The Morgan fingerprint density at radius 1 is 1.15 bits per heavy atom. The van der Waals surface area contributed by atoms with E-state index in [-0.39, 0.29) is 17.9 Å². The van der Waals surface area contributed by atoms with E-state index in [4.69, 9.17) is 10.5 Å². The quantitative estimate of drug-likeness (QED) is 0.717. The third-order valence-electron chi connectivity index (χ3n) is 4.09. The van der Waals surface area contributed by atoms with Crippen LogP contribution in [0.5, 0.6) is 5.75 Å². The van der Waals surface area contributed by atoms with Crippen LogP contribution in [0.1, 0.15) is 22.8 Å². The SMILES string of the molecule is CCOc1ccc(CN(C)CC(=O)c2c(N)n(C)c(=O)n(C)c2=O)cc1.